The molecule has 0 aliphatic carbocycles. The van der Waals surface area contributed by atoms with Crippen molar-refractivity contribution in [2.75, 3.05) is 13.2 Å². The summed E-state index contributed by atoms with van der Waals surface area (Å²) in [5, 5.41) is 2.80. The number of amides is 1. The average Bonchev–Trinajstić information content (AvgIpc) is 2.38. The molecule has 1 aliphatic rings. The van der Waals surface area contributed by atoms with E-state index >= 15 is 0 Å². The third kappa shape index (κ3) is 3.73. The SMILES string of the molecule is O=C(NC1CCOCC1)c1ccc(C(F)(F)F)c(Br)c1. The zero-order chi connectivity index (χ0) is 14.8. The highest BCUT2D eigenvalue weighted by atomic mass is 79.9. The lowest BCUT2D eigenvalue weighted by atomic mass is 10.1. The standard InChI is InChI=1S/C13H13BrF3NO2/c14-11-7-8(1-2-10(11)13(15,16)17)12(19)18-9-3-5-20-6-4-9/h1-2,7,9H,3-6H2,(H,18,19). The van der Waals surface area contributed by atoms with E-state index in [9.17, 15) is 18.0 Å². The van der Waals surface area contributed by atoms with Crippen LogP contribution < -0.4 is 5.32 Å². The molecule has 110 valence electrons. The highest BCUT2D eigenvalue weighted by molar-refractivity contribution is 9.10. The van der Waals surface area contributed by atoms with E-state index in [1.165, 1.54) is 12.1 Å². The summed E-state index contributed by atoms with van der Waals surface area (Å²) in [6, 6.07) is 3.29. The maximum absolute atomic E-state index is 12.6. The topological polar surface area (TPSA) is 38.3 Å². The van der Waals surface area contributed by atoms with Gasteiger partial charge < -0.3 is 10.1 Å². The third-order valence-electron chi connectivity index (χ3n) is 3.09. The molecule has 1 saturated heterocycles. The van der Waals surface area contributed by atoms with Crippen LogP contribution in [0, 0.1) is 0 Å². The Labute approximate surface area is 122 Å². The van der Waals surface area contributed by atoms with Gasteiger partial charge >= 0.3 is 6.18 Å². The van der Waals surface area contributed by atoms with Gasteiger partial charge in [0.25, 0.3) is 5.91 Å². The van der Waals surface area contributed by atoms with E-state index in [0.29, 0.717) is 26.1 Å². The fraction of sp³-hybridized carbons (Fsp3) is 0.462. The first kappa shape index (κ1) is 15.3. The Balaban J connectivity index is 2.09. The Morgan fingerprint density at radius 1 is 1.30 bits per heavy atom. The van der Waals surface area contributed by atoms with E-state index in [0.717, 1.165) is 6.07 Å². The van der Waals surface area contributed by atoms with Crippen LogP contribution in [0.2, 0.25) is 0 Å². The van der Waals surface area contributed by atoms with Crippen molar-refractivity contribution in [1.82, 2.24) is 5.32 Å². The molecular formula is C13H13BrF3NO2. The van der Waals surface area contributed by atoms with Gasteiger partial charge in [-0.05, 0) is 31.0 Å². The van der Waals surface area contributed by atoms with Gasteiger partial charge in [-0.25, -0.2) is 0 Å². The fourth-order valence-corrected chi connectivity index (χ4v) is 2.60. The van der Waals surface area contributed by atoms with Gasteiger partial charge in [-0.15, -0.1) is 0 Å². The number of nitrogens with one attached hydrogen (secondary N) is 1. The lowest BCUT2D eigenvalue weighted by Gasteiger charge is -2.23. The highest BCUT2D eigenvalue weighted by Crippen LogP contribution is 2.35. The van der Waals surface area contributed by atoms with Gasteiger partial charge in [-0.1, -0.05) is 15.9 Å². The summed E-state index contributed by atoms with van der Waals surface area (Å²) >= 11 is 2.86. The zero-order valence-electron chi connectivity index (χ0n) is 10.5. The number of benzene rings is 1. The van der Waals surface area contributed by atoms with Gasteiger partial charge in [0.2, 0.25) is 0 Å². The van der Waals surface area contributed by atoms with Crippen LogP contribution in [-0.2, 0) is 10.9 Å². The molecule has 20 heavy (non-hydrogen) atoms. The highest BCUT2D eigenvalue weighted by Gasteiger charge is 2.33. The van der Waals surface area contributed by atoms with Crippen molar-refractivity contribution in [2.45, 2.75) is 25.1 Å². The minimum Gasteiger partial charge on any atom is -0.381 e. The number of alkyl halides is 3. The predicted octanol–water partition coefficient (Wildman–Crippen LogP) is 3.38. The van der Waals surface area contributed by atoms with Gasteiger partial charge in [0.15, 0.2) is 0 Å². The molecule has 0 atom stereocenters. The summed E-state index contributed by atoms with van der Waals surface area (Å²) in [5.74, 6) is -0.369. The van der Waals surface area contributed by atoms with Crippen LogP contribution in [0.5, 0.6) is 0 Å². The molecule has 0 radical (unpaired) electrons. The second-order valence-corrected chi connectivity index (χ2v) is 5.41. The van der Waals surface area contributed by atoms with E-state index in [2.05, 4.69) is 21.2 Å². The van der Waals surface area contributed by atoms with Crippen LogP contribution >= 0.6 is 15.9 Å². The second kappa shape index (κ2) is 6.13. The molecular weight excluding hydrogens is 339 g/mol. The van der Waals surface area contributed by atoms with E-state index in [1.54, 1.807) is 0 Å². The van der Waals surface area contributed by atoms with Gasteiger partial charge in [0.05, 0.1) is 5.56 Å². The molecule has 0 bridgehead atoms. The molecule has 1 aliphatic heterocycles. The molecule has 2 rings (SSSR count). The quantitative estimate of drug-likeness (QED) is 0.886. The first-order chi connectivity index (χ1) is 9.38. The summed E-state index contributed by atoms with van der Waals surface area (Å²) in [6.07, 6.45) is -3.00. The lowest BCUT2D eigenvalue weighted by Crippen LogP contribution is -2.38. The largest absolute Gasteiger partial charge is 0.417 e. The average molecular weight is 352 g/mol. The summed E-state index contributed by atoms with van der Waals surface area (Å²) in [5.41, 5.74) is -0.587. The zero-order valence-corrected chi connectivity index (χ0v) is 12.1. The van der Waals surface area contributed by atoms with Crippen molar-refractivity contribution in [3.8, 4) is 0 Å². The van der Waals surface area contributed by atoms with Crippen LogP contribution in [0.3, 0.4) is 0 Å². The van der Waals surface area contributed by atoms with Gasteiger partial charge in [-0.3, -0.25) is 4.79 Å². The lowest BCUT2D eigenvalue weighted by molar-refractivity contribution is -0.138. The number of ether oxygens (including phenoxy) is 1. The van der Waals surface area contributed by atoms with E-state index in [1.807, 2.05) is 0 Å². The Bertz CT molecular complexity index is 499. The number of carbonyl (C=O) groups is 1. The molecule has 0 unspecified atom stereocenters. The van der Waals surface area contributed by atoms with Crippen LogP contribution in [0.15, 0.2) is 22.7 Å². The predicted molar refractivity (Wildman–Crippen MR) is 70.5 cm³/mol. The minimum absolute atomic E-state index is 0.0114. The van der Waals surface area contributed by atoms with Gasteiger partial charge in [0, 0.05) is 29.3 Å². The molecule has 1 fully saturated rings. The van der Waals surface area contributed by atoms with Crippen molar-refractivity contribution in [1.29, 1.82) is 0 Å². The number of hydrogen-bond donors (Lipinski definition) is 1. The van der Waals surface area contributed by atoms with Crippen molar-refractivity contribution in [2.24, 2.45) is 0 Å². The minimum atomic E-state index is -4.44. The van der Waals surface area contributed by atoms with Crippen molar-refractivity contribution >= 4 is 21.8 Å². The van der Waals surface area contributed by atoms with Crippen LogP contribution in [0.25, 0.3) is 0 Å². The van der Waals surface area contributed by atoms with Crippen LogP contribution in [-0.4, -0.2) is 25.2 Å². The Hall–Kier alpha value is -1.08. The molecule has 7 heteroatoms. The molecule has 0 saturated carbocycles. The molecule has 1 amide bonds. The molecule has 1 aromatic rings. The van der Waals surface area contributed by atoms with Crippen LogP contribution in [0.1, 0.15) is 28.8 Å². The summed E-state index contributed by atoms with van der Waals surface area (Å²) in [6.45, 7) is 1.17. The molecule has 0 aromatic heterocycles. The van der Waals surface area contributed by atoms with Crippen molar-refractivity contribution in [3.05, 3.63) is 33.8 Å². The summed E-state index contributed by atoms with van der Waals surface area (Å²) in [4.78, 5) is 12.0. The van der Waals surface area contributed by atoms with Gasteiger partial charge in [0.1, 0.15) is 0 Å². The second-order valence-electron chi connectivity index (χ2n) is 4.55. The Morgan fingerprint density at radius 3 is 2.50 bits per heavy atom. The molecule has 1 aromatic carbocycles. The maximum Gasteiger partial charge on any atom is 0.417 e. The maximum atomic E-state index is 12.6. The van der Waals surface area contributed by atoms with E-state index in [4.69, 9.17) is 4.74 Å². The first-order valence-electron chi connectivity index (χ1n) is 6.13. The van der Waals surface area contributed by atoms with Crippen molar-refractivity contribution in [3.63, 3.8) is 0 Å². The molecule has 1 N–H and O–H groups in total. The number of rotatable bonds is 2. The number of carbonyl (C=O) groups excluding carboxylic acids is 1. The smallest absolute Gasteiger partial charge is 0.381 e. The first-order valence-corrected chi connectivity index (χ1v) is 6.92. The monoisotopic (exact) mass is 351 g/mol. The number of halogens is 4. The summed E-state index contributed by atoms with van der Waals surface area (Å²) in [7, 11) is 0. The Kier molecular flexibility index (Phi) is 4.70. The third-order valence-corrected chi connectivity index (χ3v) is 3.75. The normalized spacial score (nSPS) is 17.0. The number of hydrogen-bond acceptors (Lipinski definition) is 2. The van der Waals surface area contributed by atoms with Crippen LogP contribution in [0.4, 0.5) is 13.2 Å². The molecule has 0 spiro atoms. The van der Waals surface area contributed by atoms with E-state index in [-0.39, 0.29) is 22.0 Å². The van der Waals surface area contributed by atoms with Gasteiger partial charge in [-0.2, -0.15) is 13.2 Å². The van der Waals surface area contributed by atoms with Crippen molar-refractivity contribution < 1.29 is 22.7 Å². The molecule has 3 nitrogen and oxygen atoms in total. The fourth-order valence-electron chi connectivity index (χ4n) is 2.00. The summed E-state index contributed by atoms with van der Waals surface area (Å²) < 4.78 is 42.9. The Morgan fingerprint density at radius 2 is 1.95 bits per heavy atom. The van der Waals surface area contributed by atoms with E-state index < -0.39 is 11.7 Å². The molecule has 1 heterocycles.